The van der Waals surface area contributed by atoms with E-state index in [1.54, 1.807) is 0 Å². The van der Waals surface area contributed by atoms with Crippen LogP contribution < -0.4 is 15.4 Å². The van der Waals surface area contributed by atoms with Gasteiger partial charge in [0.15, 0.2) is 0 Å². The highest BCUT2D eigenvalue weighted by Crippen LogP contribution is 2.16. The maximum Gasteiger partial charge on any atom is 0.251 e. The van der Waals surface area contributed by atoms with Crippen LogP contribution in [0.3, 0.4) is 0 Å². The van der Waals surface area contributed by atoms with Crippen molar-refractivity contribution in [2.75, 3.05) is 19.7 Å². The van der Waals surface area contributed by atoms with E-state index in [1.807, 2.05) is 24.3 Å². The van der Waals surface area contributed by atoms with Gasteiger partial charge in [-0.3, -0.25) is 4.79 Å². The van der Waals surface area contributed by atoms with Gasteiger partial charge in [-0.2, -0.15) is 0 Å². The van der Waals surface area contributed by atoms with E-state index in [-0.39, 0.29) is 24.4 Å². The number of carbonyl (C=O) groups excluding carboxylic acids is 1. The van der Waals surface area contributed by atoms with Crippen molar-refractivity contribution in [3.05, 3.63) is 29.8 Å². The molecule has 2 N–H and O–H groups in total. The standard InChI is InChI=1S/C17H26N2O2.ClH/c1-3-10-21-16-8-4-6-14(11-16)17(20)19-13(2)15-7-5-9-18-12-15;/h4,6,8,11,13,15,18H,3,5,7,9-10,12H2,1-2H3,(H,19,20);1H. The third-order valence-electron chi connectivity index (χ3n) is 3.97. The topological polar surface area (TPSA) is 50.4 Å². The number of hydrogen-bond acceptors (Lipinski definition) is 3. The summed E-state index contributed by atoms with van der Waals surface area (Å²) in [6.07, 6.45) is 3.32. The smallest absolute Gasteiger partial charge is 0.251 e. The highest BCUT2D eigenvalue weighted by molar-refractivity contribution is 5.94. The van der Waals surface area contributed by atoms with E-state index in [4.69, 9.17) is 4.74 Å². The Labute approximate surface area is 139 Å². The minimum atomic E-state index is -0.0185. The number of hydrogen-bond donors (Lipinski definition) is 2. The molecule has 1 aromatic rings. The third kappa shape index (κ3) is 5.50. The first-order chi connectivity index (χ1) is 10.2. The molecule has 1 fully saturated rings. The lowest BCUT2D eigenvalue weighted by molar-refractivity contribution is 0.0921. The molecule has 0 aliphatic carbocycles. The van der Waals surface area contributed by atoms with Crippen LogP contribution in [0, 0.1) is 5.92 Å². The normalized spacial score (nSPS) is 18.9. The number of halogens is 1. The van der Waals surface area contributed by atoms with Crippen molar-refractivity contribution >= 4 is 18.3 Å². The summed E-state index contributed by atoms with van der Waals surface area (Å²) in [6.45, 7) is 6.91. The summed E-state index contributed by atoms with van der Waals surface area (Å²) < 4.78 is 5.58. The summed E-state index contributed by atoms with van der Waals surface area (Å²) in [6, 6.07) is 7.59. The predicted molar refractivity (Wildman–Crippen MR) is 92.0 cm³/mol. The third-order valence-corrected chi connectivity index (χ3v) is 3.97. The fourth-order valence-electron chi connectivity index (χ4n) is 2.66. The van der Waals surface area contributed by atoms with Crippen molar-refractivity contribution in [1.82, 2.24) is 10.6 Å². The molecule has 4 nitrogen and oxygen atoms in total. The predicted octanol–water partition coefficient (Wildman–Crippen LogP) is 3.02. The van der Waals surface area contributed by atoms with E-state index < -0.39 is 0 Å². The summed E-state index contributed by atoms with van der Waals surface area (Å²) in [7, 11) is 0. The molecule has 1 aliphatic rings. The second-order valence-corrected chi connectivity index (χ2v) is 5.74. The van der Waals surface area contributed by atoms with Crippen LogP contribution in [0.1, 0.15) is 43.5 Å². The Hall–Kier alpha value is -1.26. The average Bonchev–Trinajstić information content (AvgIpc) is 2.54. The van der Waals surface area contributed by atoms with Crippen molar-refractivity contribution in [1.29, 1.82) is 0 Å². The van der Waals surface area contributed by atoms with Gasteiger partial charge >= 0.3 is 0 Å². The first-order valence-electron chi connectivity index (χ1n) is 7.95. The quantitative estimate of drug-likeness (QED) is 0.845. The molecule has 2 unspecified atom stereocenters. The lowest BCUT2D eigenvalue weighted by Gasteiger charge is -2.29. The molecule has 2 atom stereocenters. The number of amides is 1. The minimum Gasteiger partial charge on any atom is -0.494 e. The van der Waals surface area contributed by atoms with E-state index in [9.17, 15) is 4.79 Å². The summed E-state index contributed by atoms with van der Waals surface area (Å²) >= 11 is 0. The zero-order valence-electron chi connectivity index (χ0n) is 13.4. The molecule has 0 radical (unpaired) electrons. The summed E-state index contributed by atoms with van der Waals surface area (Å²) in [4.78, 5) is 12.3. The van der Waals surface area contributed by atoms with Crippen molar-refractivity contribution < 1.29 is 9.53 Å². The first-order valence-corrected chi connectivity index (χ1v) is 7.95. The Balaban J connectivity index is 0.00000242. The van der Waals surface area contributed by atoms with Crippen LogP contribution in [-0.2, 0) is 0 Å². The Bertz CT molecular complexity index is 462. The Morgan fingerprint density at radius 1 is 1.50 bits per heavy atom. The van der Waals surface area contributed by atoms with Crippen LogP contribution in [0.5, 0.6) is 5.75 Å². The number of ether oxygens (including phenoxy) is 1. The van der Waals surface area contributed by atoms with Gasteiger partial charge in [0.25, 0.3) is 5.91 Å². The van der Waals surface area contributed by atoms with Crippen LogP contribution in [0.15, 0.2) is 24.3 Å². The van der Waals surface area contributed by atoms with Gasteiger partial charge < -0.3 is 15.4 Å². The molecule has 1 aromatic carbocycles. The molecule has 1 heterocycles. The van der Waals surface area contributed by atoms with Crippen LogP contribution in [0.4, 0.5) is 0 Å². The van der Waals surface area contributed by atoms with E-state index in [0.717, 1.165) is 25.3 Å². The van der Waals surface area contributed by atoms with Crippen LogP contribution in [0.25, 0.3) is 0 Å². The maximum atomic E-state index is 12.3. The monoisotopic (exact) mass is 326 g/mol. The molecular weight excluding hydrogens is 300 g/mol. The Morgan fingerprint density at radius 2 is 2.32 bits per heavy atom. The van der Waals surface area contributed by atoms with E-state index in [2.05, 4.69) is 24.5 Å². The molecule has 0 bridgehead atoms. The van der Waals surface area contributed by atoms with Gasteiger partial charge in [0.1, 0.15) is 5.75 Å². The molecule has 22 heavy (non-hydrogen) atoms. The highest BCUT2D eigenvalue weighted by Gasteiger charge is 2.21. The zero-order chi connectivity index (χ0) is 15.1. The second-order valence-electron chi connectivity index (χ2n) is 5.74. The zero-order valence-corrected chi connectivity index (χ0v) is 14.2. The van der Waals surface area contributed by atoms with Gasteiger partial charge in [-0.25, -0.2) is 0 Å². The van der Waals surface area contributed by atoms with E-state index in [1.165, 1.54) is 12.8 Å². The van der Waals surface area contributed by atoms with Crippen molar-refractivity contribution in [2.24, 2.45) is 5.92 Å². The average molecular weight is 327 g/mol. The molecular formula is C17H27ClN2O2. The SMILES string of the molecule is CCCOc1cccc(C(=O)NC(C)C2CCCNC2)c1.Cl. The van der Waals surface area contributed by atoms with Gasteiger partial charge in [-0.05, 0) is 63.4 Å². The fraction of sp³-hybridized carbons (Fsp3) is 0.588. The van der Waals surface area contributed by atoms with Gasteiger partial charge in [-0.15, -0.1) is 12.4 Å². The molecule has 5 heteroatoms. The van der Waals surface area contributed by atoms with Crippen molar-refractivity contribution in [2.45, 2.75) is 39.2 Å². The lowest BCUT2D eigenvalue weighted by Crippen LogP contribution is -2.44. The fourth-order valence-corrected chi connectivity index (χ4v) is 2.66. The van der Waals surface area contributed by atoms with Gasteiger partial charge in [0.2, 0.25) is 0 Å². The van der Waals surface area contributed by atoms with Crippen LogP contribution >= 0.6 is 12.4 Å². The number of piperidine rings is 1. The molecule has 2 rings (SSSR count). The molecule has 1 aliphatic heterocycles. The Morgan fingerprint density at radius 3 is 3.00 bits per heavy atom. The first kappa shape index (κ1) is 18.8. The Kier molecular flexibility index (Phi) is 8.28. The van der Waals surface area contributed by atoms with E-state index >= 15 is 0 Å². The number of carbonyl (C=O) groups is 1. The summed E-state index contributed by atoms with van der Waals surface area (Å²) in [5.74, 6) is 1.26. The summed E-state index contributed by atoms with van der Waals surface area (Å²) in [5.41, 5.74) is 0.666. The number of rotatable bonds is 6. The number of nitrogens with one attached hydrogen (secondary N) is 2. The van der Waals surface area contributed by atoms with Gasteiger partial charge in [0.05, 0.1) is 6.61 Å². The molecule has 124 valence electrons. The maximum absolute atomic E-state index is 12.3. The van der Waals surface area contributed by atoms with E-state index in [0.29, 0.717) is 18.1 Å². The van der Waals surface area contributed by atoms with Crippen molar-refractivity contribution in [3.63, 3.8) is 0 Å². The highest BCUT2D eigenvalue weighted by atomic mass is 35.5. The van der Waals surface area contributed by atoms with Crippen LogP contribution in [0.2, 0.25) is 0 Å². The van der Waals surface area contributed by atoms with Gasteiger partial charge in [-0.1, -0.05) is 13.0 Å². The summed E-state index contributed by atoms with van der Waals surface area (Å²) in [5, 5.41) is 6.50. The van der Waals surface area contributed by atoms with Crippen LogP contribution in [-0.4, -0.2) is 31.6 Å². The molecule has 1 saturated heterocycles. The number of benzene rings is 1. The minimum absolute atomic E-state index is 0. The lowest BCUT2D eigenvalue weighted by atomic mass is 9.92. The van der Waals surface area contributed by atoms with Gasteiger partial charge in [0, 0.05) is 11.6 Å². The molecule has 0 saturated carbocycles. The second kappa shape index (κ2) is 9.70. The molecule has 0 spiro atoms. The largest absolute Gasteiger partial charge is 0.494 e. The molecule has 1 amide bonds. The van der Waals surface area contributed by atoms with Crippen molar-refractivity contribution in [3.8, 4) is 5.75 Å². The molecule has 0 aromatic heterocycles.